The van der Waals surface area contributed by atoms with Gasteiger partial charge in [0.05, 0.1) is 4.90 Å². The lowest BCUT2D eigenvalue weighted by molar-refractivity contribution is -0.138. The van der Waals surface area contributed by atoms with E-state index in [9.17, 15) is 22.8 Å². The zero-order valence-electron chi connectivity index (χ0n) is 17.5. The second-order valence-electron chi connectivity index (χ2n) is 7.48. The summed E-state index contributed by atoms with van der Waals surface area (Å²) in [7, 11) is -3.78. The Morgan fingerprint density at radius 1 is 0.968 bits per heavy atom. The molecule has 0 bridgehead atoms. The molecule has 0 radical (unpaired) electrons. The van der Waals surface area contributed by atoms with Gasteiger partial charge in [0, 0.05) is 37.2 Å². The zero-order chi connectivity index (χ0) is 22.6. The Hall–Kier alpha value is -3.20. The number of nitrogens with zero attached hydrogens (tertiary/aromatic N) is 1. The number of imide groups is 1. The number of anilines is 1. The monoisotopic (exact) mass is 443 g/mol. The predicted molar refractivity (Wildman–Crippen MR) is 116 cm³/mol. The van der Waals surface area contributed by atoms with E-state index < -0.39 is 10.0 Å². The number of carbonyl (C=O) groups excluding carboxylic acids is 3. The number of nitrogens with one attached hydrogen (secondary N) is 2. The molecular formula is C22H25N3O5S. The molecule has 2 aromatic rings. The van der Waals surface area contributed by atoms with Gasteiger partial charge >= 0.3 is 0 Å². The summed E-state index contributed by atoms with van der Waals surface area (Å²) >= 11 is 0. The van der Waals surface area contributed by atoms with Crippen LogP contribution in [0.5, 0.6) is 0 Å². The predicted octanol–water partition coefficient (Wildman–Crippen LogP) is 2.37. The molecule has 2 aromatic carbocycles. The Morgan fingerprint density at radius 3 is 2.23 bits per heavy atom. The Morgan fingerprint density at radius 2 is 1.61 bits per heavy atom. The van der Waals surface area contributed by atoms with Crippen LogP contribution < -0.4 is 10.0 Å². The molecule has 164 valence electrons. The largest absolute Gasteiger partial charge is 0.352 e. The first kappa shape index (κ1) is 22.5. The standard InChI is InChI=1S/C22H25N3O5S/c1-15-4-7-18(14-16(15)2)24-31(29,30)19-8-5-17(6-9-19)22(28)23-12-3-13-25-20(26)10-11-21(25)27/h4-9,14,24H,3,10-13H2,1-2H3,(H,23,28). The Balaban J connectivity index is 1.54. The molecule has 0 saturated carbocycles. The highest BCUT2D eigenvalue weighted by Crippen LogP contribution is 2.19. The van der Waals surface area contributed by atoms with Crippen LogP contribution in [0.15, 0.2) is 47.4 Å². The number of hydrogen-bond donors (Lipinski definition) is 2. The first-order valence-electron chi connectivity index (χ1n) is 9.99. The maximum atomic E-state index is 12.6. The minimum absolute atomic E-state index is 0.0494. The van der Waals surface area contributed by atoms with Gasteiger partial charge < -0.3 is 5.32 Å². The van der Waals surface area contributed by atoms with Gasteiger partial charge in [0.2, 0.25) is 11.8 Å². The van der Waals surface area contributed by atoms with Crippen molar-refractivity contribution in [1.29, 1.82) is 0 Å². The third-order valence-electron chi connectivity index (χ3n) is 5.18. The molecule has 3 rings (SSSR count). The number of sulfonamides is 1. The van der Waals surface area contributed by atoms with E-state index in [4.69, 9.17) is 0 Å². The minimum atomic E-state index is -3.78. The van der Waals surface area contributed by atoms with Crippen molar-refractivity contribution in [3.8, 4) is 0 Å². The molecule has 9 heteroatoms. The SMILES string of the molecule is Cc1ccc(NS(=O)(=O)c2ccc(C(=O)NCCCN3C(=O)CCC3=O)cc2)cc1C. The van der Waals surface area contributed by atoms with Gasteiger partial charge in [-0.3, -0.25) is 24.0 Å². The van der Waals surface area contributed by atoms with Gasteiger partial charge in [-0.15, -0.1) is 0 Å². The summed E-state index contributed by atoms with van der Waals surface area (Å²) in [6.07, 6.45) is 0.952. The van der Waals surface area contributed by atoms with Crippen LogP contribution in [-0.4, -0.2) is 44.1 Å². The van der Waals surface area contributed by atoms with Crippen molar-refractivity contribution in [3.63, 3.8) is 0 Å². The van der Waals surface area contributed by atoms with Crippen LogP contribution in [0.25, 0.3) is 0 Å². The molecule has 0 atom stereocenters. The molecule has 0 aromatic heterocycles. The molecule has 31 heavy (non-hydrogen) atoms. The second-order valence-corrected chi connectivity index (χ2v) is 9.16. The molecule has 0 unspecified atom stereocenters. The van der Waals surface area contributed by atoms with Crippen molar-refractivity contribution in [2.75, 3.05) is 17.8 Å². The van der Waals surface area contributed by atoms with Crippen molar-refractivity contribution in [2.24, 2.45) is 0 Å². The fourth-order valence-electron chi connectivity index (χ4n) is 3.22. The molecule has 0 spiro atoms. The van der Waals surface area contributed by atoms with E-state index in [-0.39, 0.29) is 42.0 Å². The van der Waals surface area contributed by atoms with Gasteiger partial charge in [-0.25, -0.2) is 8.42 Å². The van der Waals surface area contributed by atoms with Gasteiger partial charge in [0.1, 0.15) is 0 Å². The number of hydrogen-bond acceptors (Lipinski definition) is 5. The van der Waals surface area contributed by atoms with Crippen LogP contribution in [0.1, 0.15) is 40.7 Å². The van der Waals surface area contributed by atoms with Gasteiger partial charge in [-0.2, -0.15) is 0 Å². The Bertz CT molecular complexity index is 1090. The summed E-state index contributed by atoms with van der Waals surface area (Å²) in [5, 5.41) is 2.71. The molecule has 0 aliphatic carbocycles. The quantitative estimate of drug-likeness (QED) is 0.480. The van der Waals surface area contributed by atoms with Crippen molar-refractivity contribution in [2.45, 2.75) is 38.0 Å². The first-order valence-corrected chi connectivity index (χ1v) is 11.5. The van der Waals surface area contributed by atoms with Gasteiger partial charge in [0.25, 0.3) is 15.9 Å². The van der Waals surface area contributed by atoms with Crippen molar-refractivity contribution in [3.05, 3.63) is 59.2 Å². The van der Waals surface area contributed by atoms with E-state index in [0.29, 0.717) is 24.2 Å². The fourth-order valence-corrected chi connectivity index (χ4v) is 4.27. The van der Waals surface area contributed by atoms with Gasteiger partial charge in [-0.1, -0.05) is 6.07 Å². The molecule has 1 aliphatic heterocycles. The number of likely N-dealkylation sites (tertiary alicyclic amines) is 1. The third-order valence-corrected chi connectivity index (χ3v) is 6.58. The van der Waals surface area contributed by atoms with Gasteiger partial charge in [0.15, 0.2) is 0 Å². The summed E-state index contributed by atoms with van der Waals surface area (Å²) in [6.45, 7) is 4.42. The normalized spacial score (nSPS) is 14.1. The fraction of sp³-hybridized carbons (Fsp3) is 0.318. The molecule has 2 N–H and O–H groups in total. The van der Waals surface area contributed by atoms with Crippen LogP contribution in [-0.2, 0) is 19.6 Å². The van der Waals surface area contributed by atoms with E-state index in [2.05, 4.69) is 10.0 Å². The second kappa shape index (κ2) is 9.30. The van der Waals surface area contributed by atoms with Crippen molar-refractivity contribution in [1.82, 2.24) is 10.2 Å². The summed E-state index contributed by atoms with van der Waals surface area (Å²) in [4.78, 5) is 36.6. The maximum Gasteiger partial charge on any atom is 0.261 e. The average molecular weight is 444 g/mol. The van der Waals surface area contributed by atoms with Crippen LogP contribution in [0.2, 0.25) is 0 Å². The highest BCUT2D eigenvalue weighted by atomic mass is 32.2. The van der Waals surface area contributed by atoms with E-state index in [1.54, 1.807) is 12.1 Å². The Kier molecular flexibility index (Phi) is 6.74. The van der Waals surface area contributed by atoms with E-state index >= 15 is 0 Å². The topological polar surface area (TPSA) is 113 Å². The molecule has 8 nitrogen and oxygen atoms in total. The van der Waals surface area contributed by atoms with Crippen LogP contribution in [0.3, 0.4) is 0 Å². The maximum absolute atomic E-state index is 12.6. The number of benzene rings is 2. The van der Waals surface area contributed by atoms with Crippen LogP contribution >= 0.6 is 0 Å². The third kappa shape index (κ3) is 5.49. The summed E-state index contributed by atoms with van der Waals surface area (Å²) in [6, 6.07) is 10.9. The Labute approximate surface area is 181 Å². The molecule has 1 fully saturated rings. The minimum Gasteiger partial charge on any atom is -0.352 e. The average Bonchev–Trinajstić information content (AvgIpc) is 3.05. The number of aryl methyl sites for hydroxylation is 2. The van der Waals surface area contributed by atoms with E-state index in [0.717, 1.165) is 11.1 Å². The molecule has 1 saturated heterocycles. The highest BCUT2D eigenvalue weighted by molar-refractivity contribution is 7.92. The molecule has 1 aliphatic rings. The first-order chi connectivity index (χ1) is 14.7. The smallest absolute Gasteiger partial charge is 0.261 e. The summed E-state index contributed by atoms with van der Waals surface area (Å²) in [5.74, 6) is -0.713. The number of carbonyl (C=O) groups is 3. The van der Waals surface area contributed by atoms with Crippen molar-refractivity contribution >= 4 is 33.4 Å². The molecule has 3 amide bonds. The van der Waals surface area contributed by atoms with Crippen LogP contribution in [0.4, 0.5) is 5.69 Å². The molecule has 1 heterocycles. The van der Waals surface area contributed by atoms with Gasteiger partial charge in [-0.05, 0) is 67.8 Å². The van der Waals surface area contributed by atoms with Crippen LogP contribution in [0, 0.1) is 13.8 Å². The summed E-state index contributed by atoms with van der Waals surface area (Å²) < 4.78 is 27.7. The number of rotatable bonds is 8. The van der Waals surface area contributed by atoms with E-state index in [1.807, 2.05) is 19.9 Å². The molecular weight excluding hydrogens is 418 g/mol. The lowest BCUT2D eigenvalue weighted by Crippen LogP contribution is -2.33. The van der Waals surface area contributed by atoms with Crippen molar-refractivity contribution < 1.29 is 22.8 Å². The lowest BCUT2D eigenvalue weighted by atomic mass is 10.1. The number of amides is 3. The lowest BCUT2D eigenvalue weighted by Gasteiger charge is -2.13. The zero-order valence-corrected chi connectivity index (χ0v) is 18.3. The van der Waals surface area contributed by atoms with E-state index in [1.165, 1.54) is 29.2 Å². The highest BCUT2D eigenvalue weighted by Gasteiger charge is 2.27. The summed E-state index contributed by atoms with van der Waals surface area (Å²) in [5.41, 5.74) is 2.83.